The van der Waals surface area contributed by atoms with Crippen molar-refractivity contribution in [3.8, 4) is 11.6 Å². The highest BCUT2D eigenvalue weighted by Crippen LogP contribution is 2.26. The molecule has 108 valence electrons. The monoisotopic (exact) mass is 309 g/mol. The number of thiazole rings is 1. The summed E-state index contributed by atoms with van der Waals surface area (Å²) in [4.78, 5) is 9.35. The average molecular weight is 309 g/mol. The highest BCUT2D eigenvalue weighted by atomic mass is 32.1. The highest BCUT2D eigenvalue weighted by molar-refractivity contribution is 7.10. The number of aromatic nitrogens is 3. The summed E-state index contributed by atoms with van der Waals surface area (Å²) in [5, 5.41) is 4.99. The summed E-state index contributed by atoms with van der Waals surface area (Å²) in [7, 11) is 0. The van der Waals surface area contributed by atoms with E-state index in [2.05, 4.69) is 21.2 Å². The Hall–Kier alpha value is -2.73. The van der Waals surface area contributed by atoms with Gasteiger partial charge in [-0.25, -0.2) is 0 Å². The van der Waals surface area contributed by atoms with Crippen LogP contribution in [-0.2, 0) is 0 Å². The zero-order valence-corrected chi connectivity index (χ0v) is 12.5. The first kappa shape index (κ1) is 13.0. The zero-order valence-electron chi connectivity index (χ0n) is 11.7. The summed E-state index contributed by atoms with van der Waals surface area (Å²) >= 11 is 1.54. The lowest BCUT2D eigenvalue weighted by Crippen LogP contribution is -1.75. The van der Waals surface area contributed by atoms with Crippen LogP contribution in [0.2, 0.25) is 0 Å². The molecule has 22 heavy (non-hydrogen) atoms. The Bertz CT molecular complexity index is 951. The quantitative estimate of drug-likeness (QED) is 0.560. The molecule has 0 saturated carbocycles. The molecule has 1 aromatic carbocycles. The number of fused-ring (bicyclic) bond motifs is 1. The van der Waals surface area contributed by atoms with Crippen molar-refractivity contribution in [2.75, 3.05) is 0 Å². The van der Waals surface area contributed by atoms with Crippen molar-refractivity contribution in [1.82, 2.24) is 15.1 Å². The molecule has 0 saturated heterocycles. The molecular weight excluding hydrogens is 298 g/mol. The molecule has 0 unspecified atom stereocenters. The number of hydrogen-bond acceptors (Lipinski definition) is 6. The van der Waals surface area contributed by atoms with Crippen LogP contribution in [0.4, 0.5) is 0 Å². The fourth-order valence-electron chi connectivity index (χ4n) is 2.14. The summed E-state index contributed by atoms with van der Waals surface area (Å²) < 4.78 is 11.0. The molecule has 3 aromatic heterocycles. The van der Waals surface area contributed by atoms with Crippen molar-refractivity contribution in [2.24, 2.45) is 0 Å². The van der Waals surface area contributed by atoms with E-state index in [0.29, 0.717) is 17.5 Å². The maximum absolute atomic E-state index is 5.76. The molecule has 0 radical (unpaired) electrons. The van der Waals surface area contributed by atoms with Gasteiger partial charge in [-0.05, 0) is 31.2 Å². The van der Waals surface area contributed by atoms with Gasteiger partial charge in [0.1, 0.15) is 5.58 Å². The molecule has 0 spiro atoms. The van der Waals surface area contributed by atoms with E-state index >= 15 is 0 Å². The largest absolute Gasteiger partial charge is 0.453 e. The second-order valence-corrected chi connectivity index (χ2v) is 5.76. The molecule has 0 amide bonds. The van der Waals surface area contributed by atoms with Crippen LogP contribution < -0.4 is 0 Å². The fourth-order valence-corrected chi connectivity index (χ4v) is 2.65. The van der Waals surface area contributed by atoms with Crippen LogP contribution in [0.1, 0.15) is 16.3 Å². The van der Waals surface area contributed by atoms with Crippen LogP contribution in [0.3, 0.4) is 0 Å². The van der Waals surface area contributed by atoms with E-state index in [0.717, 1.165) is 15.8 Å². The number of hydrogen-bond donors (Lipinski definition) is 0. The molecule has 4 rings (SSSR count). The van der Waals surface area contributed by atoms with Gasteiger partial charge in [0.2, 0.25) is 5.82 Å². The average Bonchev–Trinajstić information content (AvgIpc) is 3.24. The lowest BCUT2D eigenvalue weighted by atomic mass is 10.2. The maximum atomic E-state index is 5.76. The van der Waals surface area contributed by atoms with E-state index in [-0.39, 0.29) is 0 Å². The fraction of sp³-hybridized carbons (Fsp3) is 0.0625. The Balaban J connectivity index is 1.64. The minimum atomic E-state index is 0.431. The van der Waals surface area contributed by atoms with Crippen molar-refractivity contribution in [3.63, 3.8) is 0 Å². The molecule has 6 heteroatoms. The van der Waals surface area contributed by atoms with Crippen molar-refractivity contribution in [3.05, 3.63) is 52.3 Å². The normalized spacial score (nSPS) is 11.7. The molecule has 0 aliphatic heterocycles. The number of aryl methyl sites for hydroxylation is 1. The minimum absolute atomic E-state index is 0.431. The van der Waals surface area contributed by atoms with Gasteiger partial charge in [0.15, 0.2) is 5.76 Å². The number of rotatable bonds is 3. The van der Waals surface area contributed by atoms with Gasteiger partial charge < -0.3 is 8.94 Å². The Kier molecular flexibility index (Phi) is 3.08. The second kappa shape index (κ2) is 5.23. The SMILES string of the molecule is Cc1ccc2oc(-c3noc(/C=C/c4cncs4)n3)cc2c1. The van der Waals surface area contributed by atoms with E-state index in [1.54, 1.807) is 29.1 Å². The molecule has 4 aromatic rings. The van der Waals surface area contributed by atoms with Gasteiger partial charge in [0, 0.05) is 22.5 Å². The number of furan rings is 1. The van der Waals surface area contributed by atoms with E-state index in [4.69, 9.17) is 8.94 Å². The summed E-state index contributed by atoms with van der Waals surface area (Å²) in [6.45, 7) is 2.04. The third-order valence-electron chi connectivity index (χ3n) is 3.18. The Labute approximate surface area is 129 Å². The third-order valence-corrected chi connectivity index (χ3v) is 3.92. The first-order chi connectivity index (χ1) is 10.8. The van der Waals surface area contributed by atoms with Crippen molar-refractivity contribution in [1.29, 1.82) is 0 Å². The molecule has 5 nitrogen and oxygen atoms in total. The minimum Gasteiger partial charge on any atom is -0.453 e. The molecule has 0 aliphatic rings. The van der Waals surface area contributed by atoms with Crippen LogP contribution in [-0.4, -0.2) is 15.1 Å². The van der Waals surface area contributed by atoms with E-state index in [9.17, 15) is 0 Å². The number of nitrogens with zero attached hydrogens (tertiary/aromatic N) is 3. The second-order valence-electron chi connectivity index (χ2n) is 4.85. The molecule has 0 fully saturated rings. The molecular formula is C16H11N3O2S. The lowest BCUT2D eigenvalue weighted by Gasteiger charge is -1.89. The summed E-state index contributed by atoms with van der Waals surface area (Å²) in [5.41, 5.74) is 3.77. The van der Waals surface area contributed by atoms with Crippen molar-refractivity contribution >= 4 is 34.5 Å². The molecule has 0 bridgehead atoms. The predicted octanol–water partition coefficient (Wildman–Crippen LogP) is 4.42. The van der Waals surface area contributed by atoms with Crippen LogP contribution in [0, 0.1) is 6.92 Å². The van der Waals surface area contributed by atoms with Crippen LogP contribution >= 0.6 is 11.3 Å². The van der Waals surface area contributed by atoms with Crippen molar-refractivity contribution in [2.45, 2.75) is 6.92 Å². The smallest absolute Gasteiger partial charge is 0.251 e. The highest BCUT2D eigenvalue weighted by Gasteiger charge is 2.12. The maximum Gasteiger partial charge on any atom is 0.251 e. The first-order valence-electron chi connectivity index (χ1n) is 6.69. The zero-order chi connectivity index (χ0) is 14.9. The Morgan fingerprint density at radius 2 is 2.14 bits per heavy atom. The van der Waals surface area contributed by atoms with Crippen LogP contribution in [0.15, 0.2) is 44.9 Å². The standard InChI is InChI=1S/C16H11N3O2S/c1-10-2-4-13-11(6-10)7-14(20-13)16-18-15(21-19-16)5-3-12-8-17-9-22-12/h2-9H,1H3/b5-3+. The summed E-state index contributed by atoms with van der Waals surface area (Å²) in [6.07, 6.45) is 5.42. The van der Waals surface area contributed by atoms with Gasteiger partial charge in [0.25, 0.3) is 5.89 Å². The summed E-state index contributed by atoms with van der Waals surface area (Å²) in [5.74, 6) is 1.47. The predicted molar refractivity (Wildman–Crippen MR) is 85.3 cm³/mol. The Morgan fingerprint density at radius 1 is 1.18 bits per heavy atom. The topological polar surface area (TPSA) is 65.0 Å². The molecule has 0 aliphatic carbocycles. The van der Waals surface area contributed by atoms with E-state index in [1.165, 1.54) is 5.56 Å². The van der Waals surface area contributed by atoms with Gasteiger partial charge >= 0.3 is 0 Å². The van der Waals surface area contributed by atoms with Crippen LogP contribution in [0.25, 0.3) is 34.7 Å². The third kappa shape index (κ3) is 2.44. The van der Waals surface area contributed by atoms with Gasteiger partial charge in [-0.1, -0.05) is 16.8 Å². The number of benzene rings is 1. The Morgan fingerprint density at radius 3 is 3.00 bits per heavy atom. The van der Waals surface area contributed by atoms with Gasteiger partial charge in [0.05, 0.1) is 5.51 Å². The van der Waals surface area contributed by atoms with Crippen LogP contribution in [0.5, 0.6) is 0 Å². The molecule has 0 atom stereocenters. The molecule has 0 N–H and O–H groups in total. The first-order valence-corrected chi connectivity index (χ1v) is 7.57. The summed E-state index contributed by atoms with van der Waals surface area (Å²) in [6, 6.07) is 7.94. The lowest BCUT2D eigenvalue weighted by molar-refractivity contribution is 0.409. The van der Waals surface area contributed by atoms with Gasteiger partial charge in [-0.2, -0.15) is 4.98 Å². The molecule has 3 heterocycles. The van der Waals surface area contributed by atoms with Crippen molar-refractivity contribution < 1.29 is 8.94 Å². The van der Waals surface area contributed by atoms with E-state index in [1.807, 2.05) is 31.2 Å². The van der Waals surface area contributed by atoms with Gasteiger partial charge in [-0.3, -0.25) is 4.98 Å². The van der Waals surface area contributed by atoms with Gasteiger partial charge in [-0.15, -0.1) is 11.3 Å². The van der Waals surface area contributed by atoms with E-state index < -0.39 is 0 Å².